The van der Waals surface area contributed by atoms with E-state index in [1.165, 1.54) is 6.07 Å². The number of ether oxygens (including phenoxy) is 1. The number of nitriles is 1. The molecule has 0 amide bonds. The summed E-state index contributed by atoms with van der Waals surface area (Å²) in [5.41, 5.74) is -0.703. The molecule has 0 unspecified atom stereocenters. The van der Waals surface area contributed by atoms with Crippen LogP contribution in [0.1, 0.15) is 5.69 Å². The number of nitro groups is 1. The Morgan fingerprint density at radius 1 is 1.58 bits per heavy atom. The lowest BCUT2D eigenvalue weighted by Crippen LogP contribution is -2.14. The molecule has 0 aromatic carbocycles. The number of rotatable bonds is 7. The lowest BCUT2D eigenvalue weighted by molar-refractivity contribution is -0.385. The molecular formula is C10H10F2N4O3. The van der Waals surface area contributed by atoms with Crippen LogP contribution in [0.15, 0.2) is 12.1 Å². The molecule has 9 heteroatoms. The first-order chi connectivity index (χ1) is 9.04. The molecule has 7 nitrogen and oxygen atoms in total. The van der Waals surface area contributed by atoms with Gasteiger partial charge in [0.1, 0.15) is 18.5 Å². The summed E-state index contributed by atoms with van der Waals surface area (Å²) >= 11 is 0. The van der Waals surface area contributed by atoms with Gasteiger partial charge in [0.05, 0.1) is 11.5 Å². The molecule has 102 valence electrons. The van der Waals surface area contributed by atoms with Gasteiger partial charge in [-0.1, -0.05) is 0 Å². The Bertz CT molecular complexity index is 490. The van der Waals surface area contributed by atoms with Crippen molar-refractivity contribution in [3.8, 4) is 6.07 Å². The van der Waals surface area contributed by atoms with Crippen molar-refractivity contribution < 1.29 is 18.4 Å². The van der Waals surface area contributed by atoms with Crippen molar-refractivity contribution in [1.29, 1.82) is 5.26 Å². The molecule has 1 N–H and O–H groups in total. The molecule has 0 spiro atoms. The molecule has 0 atom stereocenters. The fraction of sp³-hybridized carbons (Fsp3) is 0.400. The van der Waals surface area contributed by atoms with Gasteiger partial charge in [-0.3, -0.25) is 10.1 Å². The predicted molar refractivity (Wildman–Crippen MR) is 60.9 cm³/mol. The van der Waals surface area contributed by atoms with E-state index in [0.717, 1.165) is 6.07 Å². The molecule has 1 aromatic heterocycles. The summed E-state index contributed by atoms with van der Waals surface area (Å²) in [6, 6.07) is 4.08. The summed E-state index contributed by atoms with van der Waals surface area (Å²) in [4.78, 5) is 13.6. The summed E-state index contributed by atoms with van der Waals surface area (Å²) in [7, 11) is 0. The maximum absolute atomic E-state index is 11.7. The van der Waals surface area contributed by atoms with E-state index in [1.54, 1.807) is 6.07 Å². The van der Waals surface area contributed by atoms with Gasteiger partial charge in [-0.25, -0.2) is 13.8 Å². The van der Waals surface area contributed by atoms with E-state index < -0.39 is 18.0 Å². The zero-order chi connectivity index (χ0) is 14.3. The van der Waals surface area contributed by atoms with E-state index in [-0.39, 0.29) is 30.4 Å². The molecule has 0 aliphatic heterocycles. The molecule has 1 heterocycles. The van der Waals surface area contributed by atoms with Gasteiger partial charge in [-0.15, -0.1) is 0 Å². The standard InChI is InChI=1S/C10H10F2N4O3/c11-9(12)6-19-4-3-14-10-2-1-8(16(17)18)7(5-13)15-10/h1-2,9H,3-4,6H2,(H,14,15). The van der Waals surface area contributed by atoms with Crippen LogP contribution < -0.4 is 5.32 Å². The molecule has 19 heavy (non-hydrogen) atoms. The summed E-state index contributed by atoms with van der Waals surface area (Å²) < 4.78 is 28.1. The average Bonchev–Trinajstić information content (AvgIpc) is 2.37. The number of hydrogen-bond acceptors (Lipinski definition) is 6. The molecule has 1 rings (SSSR count). The fourth-order valence-corrected chi connectivity index (χ4v) is 1.20. The second kappa shape index (κ2) is 7.17. The van der Waals surface area contributed by atoms with Crippen molar-refractivity contribution in [2.24, 2.45) is 0 Å². The minimum Gasteiger partial charge on any atom is -0.374 e. The van der Waals surface area contributed by atoms with Gasteiger partial charge in [0, 0.05) is 12.6 Å². The number of pyridine rings is 1. The lowest BCUT2D eigenvalue weighted by atomic mass is 10.3. The van der Waals surface area contributed by atoms with Gasteiger partial charge in [-0.05, 0) is 6.07 Å². The van der Waals surface area contributed by atoms with Crippen LogP contribution in [0, 0.1) is 21.4 Å². The molecule has 0 saturated heterocycles. The van der Waals surface area contributed by atoms with Crippen LogP contribution in [0.3, 0.4) is 0 Å². The van der Waals surface area contributed by atoms with Gasteiger partial charge in [0.15, 0.2) is 0 Å². The number of aromatic nitrogens is 1. The third-order valence-corrected chi connectivity index (χ3v) is 1.97. The third kappa shape index (κ3) is 4.81. The maximum atomic E-state index is 11.7. The Morgan fingerprint density at radius 2 is 2.32 bits per heavy atom. The monoisotopic (exact) mass is 272 g/mol. The minimum atomic E-state index is -2.53. The van der Waals surface area contributed by atoms with Crippen LogP contribution >= 0.6 is 0 Å². The summed E-state index contributed by atoms with van der Waals surface area (Å²) in [5, 5.41) is 22.0. The average molecular weight is 272 g/mol. The van der Waals surface area contributed by atoms with E-state index in [1.807, 2.05) is 0 Å². The molecule has 0 bridgehead atoms. The number of nitrogens with zero attached hydrogens (tertiary/aromatic N) is 3. The smallest absolute Gasteiger partial charge is 0.305 e. The van der Waals surface area contributed by atoms with Gasteiger partial charge < -0.3 is 10.1 Å². The van der Waals surface area contributed by atoms with Crippen LogP contribution in [-0.2, 0) is 4.74 Å². The Morgan fingerprint density at radius 3 is 2.89 bits per heavy atom. The number of anilines is 1. The number of alkyl halides is 2. The predicted octanol–water partition coefficient (Wildman–Crippen LogP) is 1.56. The van der Waals surface area contributed by atoms with Crippen LogP contribution in [0.5, 0.6) is 0 Å². The Labute approximate surface area is 107 Å². The van der Waals surface area contributed by atoms with Gasteiger partial charge in [-0.2, -0.15) is 5.26 Å². The lowest BCUT2D eigenvalue weighted by Gasteiger charge is -2.06. The highest BCUT2D eigenvalue weighted by Crippen LogP contribution is 2.17. The highest BCUT2D eigenvalue weighted by molar-refractivity contribution is 5.50. The van der Waals surface area contributed by atoms with Crippen molar-refractivity contribution in [3.63, 3.8) is 0 Å². The summed E-state index contributed by atoms with van der Waals surface area (Å²) in [5.74, 6) is 0.239. The highest BCUT2D eigenvalue weighted by Gasteiger charge is 2.15. The normalized spacial score (nSPS) is 10.2. The Balaban J connectivity index is 2.52. The summed E-state index contributed by atoms with van der Waals surface area (Å²) in [6.45, 7) is -0.424. The number of nitrogens with one attached hydrogen (secondary N) is 1. The van der Waals surface area contributed by atoms with E-state index in [4.69, 9.17) is 5.26 Å². The van der Waals surface area contributed by atoms with Gasteiger partial charge in [0.2, 0.25) is 5.69 Å². The van der Waals surface area contributed by atoms with E-state index >= 15 is 0 Å². The highest BCUT2D eigenvalue weighted by atomic mass is 19.3. The first kappa shape index (κ1) is 14.7. The van der Waals surface area contributed by atoms with Gasteiger partial charge >= 0.3 is 5.69 Å². The second-order valence-electron chi connectivity index (χ2n) is 3.33. The molecule has 1 aromatic rings. The number of hydrogen-bond donors (Lipinski definition) is 1. The Kier molecular flexibility index (Phi) is 5.56. The molecule has 0 aliphatic rings. The zero-order valence-electron chi connectivity index (χ0n) is 9.68. The van der Waals surface area contributed by atoms with Crippen LogP contribution in [0.2, 0.25) is 0 Å². The molecule has 0 radical (unpaired) electrons. The van der Waals surface area contributed by atoms with Crippen LogP contribution in [0.25, 0.3) is 0 Å². The van der Waals surface area contributed by atoms with Crippen molar-refractivity contribution in [2.45, 2.75) is 6.43 Å². The second-order valence-corrected chi connectivity index (χ2v) is 3.33. The first-order valence-electron chi connectivity index (χ1n) is 5.20. The molecule has 0 fully saturated rings. The largest absolute Gasteiger partial charge is 0.374 e. The molecule has 0 aliphatic carbocycles. The SMILES string of the molecule is N#Cc1nc(NCCOCC(F)F)ccc1[N+](=O)[O-]. The quantitative estimate of drug-likeness (QED) is 0.459. The van der Waals surface area contributed by atoms with Crippen molar-refractivity contribution in [1.82, 2.24) is 4.98 Å². The van der Waals surface area contributed by atoms with Crippen LogP contribution in [-0.4, -0.2) is 36.1 Å². The molecular weight excluding hydrogens is 262 g/mol. The topological polar surface area (TPSA) is 101 Å². The van der Waals surface area contributed by atoms with Crippen molar-refractivity contribution in [2.75, 3.05) is 25.1 Å². The van der Waals surface area contributed by atoms with Crippen LogP contribution in [0.4, 0.5) is 20.3 Å². The maximum Gasteiger partial charge on any atom is 0.305 e. The fourth-order valence-electron chi connectivity index (χ4n) is 1.20. The van der Waals surface area contributed by atoms with Crippen molar-refractivity contribution >= 4 is 11.5 Å². The van der Waals surface area contributed by atoms with E-state index in [2.05, 4.69) is 15.0 Å². The van der Waals surface area contributed by atoms with E-state index in [9.17, 15) is 18.9 Å². The third-order valence-electron chi connectivity index (χ3n) is 1.97. The van der Waals surface area contributed by atoms with Crippen molar-refractivity contribution in [3.05, 3.63) is 27.9 Å². The Hall–Kier alpha value is -2.34. The minimum absolute atomic E-state index is 0.0326. The zero-order valence-corrected chi connectivity index (χ0v) is 9.68. The van der Waals surface area contributed by atoms with Gasteiger partial charge in [0.25, 0.3) is 6.43 Å². The molecule has 0 saturated carbocycles. The summed E-state index contributed by atoms with van der Waals surface area (Å²) in [6.07, 6.45) is -2.53. The van der Waals surface area contributed by atoms with E-state index in [0.29, 0.717) is 0 Å². The first-order valence-corrected chi connectivity index (χ1v) is 5.20. The number of halogens is 2.